The molecule has 0 heterocycles. The zero-order chi connectivity index (χ0) is 18.3. The third-order valence-electron chi connectivity index (χ3n) is 5.18. The van der Waals surface area contributed by atoms with E-state index in [2.05, 4.69) is 77.1 Å². The molecule has 2 aromatic carbocycles. The summed E-state index contributed by atoms with van der Waals surface area (Å²) in [5.41, 5.74) is 9.55. The summed E-state index contributed by atoms with van der Waals surface area (Å²) in [7, 11) is 13.2. The molecule has 0 nitrogen and oxygen atoms in total. The van der Waals surface area contributed by atoms with E-state index < -0.39 is 19.4 Å². The van der Waals surface area contributed by atoms with Gasteiger partial charge in [0.05, 0.1) is 0 Å². The van der Waals surface area contributed by atoms with Crippen molar-refractivity contribution in [2.75, 3.05) is 0 Å². The third-order valence-corrected chi connectivity index (χ3v) is 10.4. The molecule has 0 aliphatic heterocycles. The molecule has 0 fully saturated rings. The molecule has 0 amide bonds. The first kappa shape index (κ1) is 19.4. The van der Waals surface area contributed by atoms with Crippen molar-refractivity contribution in [2.45, 2.75) is 44.2 Å². The number of aryl methyl sites for hydroxylation is 1. The van der Waals surface area contributed by atoms with Crippen molar-refractivity contribution in [3.8, 4) is 11.1 Å². The molecule has 1 aliphatic rings. The second-order valence-corrected chi connectivity index (χ2v) is 16.3. The summed E-state index contributed by atoms with van der Waals surface area (Å²) in [6.07, 6.45) is 2.38. The van der Waals surface area contributed by atoms with Gasteiger partial charge >= 0.3 is 168 Å². The number of fused-ring (bicyclic) bond motifs is 1. The molecule has 131 valence electrons. The van der Waals surface area contributed by atoms with E-state index in [-0.39, 0.29) is 3.63 Å². The molecule has 0 radical (unpaired) electrons. The Morgan fingerprint density at radius 3 is 2.20 bits per heavy atom. The minimum atomic E-state index is -2.46. The molecule has 2 aromatic rings. The average Bonchev–Trinajstić information content (AvgIpc) is 2.94. The van der Waals surface area contributed by atoms with Crippen LogP contribution >= 0.6 is 17.0 Å². The van der Waals surface area contributed by atoms with E-state index in [1.54, 1.807) is 0 Å². The third kappa shape index (κ3) is 3.58. The molecule has 0 N–H and O–H groups in total. The van der Waals surface area contributed by atoms with Gasteiger partial charge in [-0.15, -0.1) is 0 Å². The van der Waals surface area contributed by atoms with Crippen molar-refractivity contribution in [3.05, 3.63) is 64.2 Å². The normalized spacial score (nSPS) is 16.4. The second-order valence-electron chi connectivity index (χ2n) is 7.52. The predicted molar refractivity (Wildman–Crippen MR) is 108 cm³/mol. The zero-order valence-electron chi connectivity index (χ0n) is 15.5. The van der Waals surface area contributed by atoms with Crippen molar-refractivity contribution in [2.24, 2.45) is 5.92 Å². The van der Waals surface area contributed by atoms with Crippen LogP contribution in [0.3, 0.4) is 0 Å². The van der Waals surface area contributed by atoms with Crippen LogP contribution in [0.2, 0.25) is 0 Å². The quantitative estimate of drug-likeness (QED) is 0.445. The SMILES string of the molecule is Cc1ccc2c(c1-c1ccccc1C(C)C)C=C(C(C)C)[CH]2[Zr]([Cl])[Cl]. The van der Waals surface area contributed by atoms with Crippen LogP contribution in [0, 0.1) is 12.8 Å². The molecule has 0 bridgehead atoms. The molecular formula is C22H25Cl2Zr. The summed E-state index contributed by atoms with van der Waals surface area (Å²) in [5, 5.41) is 0. The molecule has 0 aromatic heterocycles. The van der Waals surface area contributed by atoms with Crippen molar-refractivity contribution >= 4 is 23.1 Å². The number of hydrogen-bond donors (Lipinski definition) is 0. The number of hydrogen-bond acceptors (Lipinski definition) is 0. The van der Waals surface area contributed by atoms with Crippen LogP contribution in [0.25, 0.3) is 17.2 Å². The number of benzene rings is 2. The van der Waals surface area contributed by atoms with E-state index in [1.165, 1.54) is 39.0 Å². The Labute approximate surface area is 167 Å². The topological polar surface area (TPSA) is 0 Å². The molecule has 1 atom stereocenters. The summed E-state index contributed by atoms with van der Waals surface area (Å²) in [4.78, 5) is 0. The van der Waals surface area contributed by atoms with Gasteiger partial charge in [0.2, 0.25) is 0 Å². The summed E-state index contributed by atoms with van der Waals surface area (Å²) in [5.74, 6) is 0.961. The Bertz CT molecular complexity index is 819. The number of rotatable bonds is 4. The predicted octanol–water partition coefficient (Wildman–Crippen LogP) is 7.81. The van der Waals surface area contributed by atoms with Crippen LogP contribution in [0.5, 0.6) is 0 Å². The minimum absolute atomic E-state index is 0.284. The molecule has 3 heteroatoms. The molecule has 3 rings (SSSR count). The van der Waals surface area contributed by atoms with Gasteiger partial charge in [-0.1, -0.05) is 0 Å². The summed E-state index contributed by atoms with van der Waals surface area (Å²) in [6, 6.07) is 13.3. The first-order valence-electron chi connectivity index (χ1n) is 8.95. The zero-order valence-corrected chi connectivity index (χ0v) is 19.5. The fraction of sp³-hybridized carbons (Fsp3) is 0.364. The van der Waals surface area contributed by atoms with Gasteiger partial charge in [-0.05, 0) is 0 Å². The monoisotopic (exact) mass is 449 g/mol. The van der Waals surface area contributed by atoms with Gasteiger partial charge in [0.15, 0.2) is 0 Å². The van der Waals surface area contributed by atoms with Crippen molar-refractivity contribution in [1.29, 1.82) is 0 Å². The summed E-state index contributed by atoms with van der Waals surface area (Å²) in [6.45, 7) is 11.2. The van der Waals surface area contributed by atoms with E-state index in [0.29, 0.717) is 11.8 Å². The molecule has 1 aliphatic carbocycles. The van der Waals surface area contributed by atoms with E-state index in [1.807, 2.05) is 0 Å². The van der Waals surface area contributed by atoms with Crippen molar-refractivity contribution in [1.82, 2.24) is 0 Å². The van der Waals surface area contributed by atoms with Crippen molar-refractivity contribution in [3.63, 3.8) is 0 Å². The summed E-state index contributed by atoms with van der Waals surface area (Å²) < 4.78 is 0.284. The fourth-order valence-electron chi connectivity index (χ4n) is 3.91. The Morgan fingerprint density at radius 1 is 0.920 bits per heavy atom. The van der Waals surface area contributed by atoms with E-state index >= 15 is 0 Å². The Balaban J connectivity index is 2.29. The maximum atomic E-state index is 6.59. The fourth-order valence-corrected chi connectivity index (χ4v) is 9.63. The molecule has 0 saturated heterocycles. The van der Waals surface area contributed by atoms with Gasteiger partial charge in [-0.25, -0.2) is 0 Å². The second kappa shape index (κ2) is 7.71. The molecule has 0 spiro atoms. The van der Waals surface area contributed by atoms with Crippen LogP contribution in [0.1, 0.15) is 59.5 Å². The molecule has 1 unspecified atom stereocenters. The van der Waals surface area contributed by atoms with Crippen LogP contribution in [-0.4, -0.2) is 0 Å². The van der Waals surface area contributed by atoms with Gasteiger partial charge in [0.25, 0.3) is 0 Å². The van der Waals surface area contributed by atoms with E-state index in [4.69, 9.17) is 17.0 Å². The van der Waals surface area contributed by atoms with Crippen molar-refractivity contribution < 1.29 is 19.4 Å². The van der Waals surface area contributed by atoms with Crippen LogP contribution < -0.4 is 0 Å². The Hall–Kier alpha value is -0.357. The van der Waals surface area contributed by atoms with Gasteiger partial charge in [-0.2, -0.15) is 0 Å². The number of halogens is 2. The van der Waals surface area contributed by atoms with Gasteiger partial charge in [0, 0.05) is 0 Å². The molecular weight excluding hydrogens is 426 g/mol. The Kier molecular flexibility index (Phi) is 5.99. The Morgan fingerprint density at radius 2 is 1.60 bits per heavy atom. The van der Waals surface area contributed by atoms with Crippen LogP contribution in [0.4, 0.5) is 0 Å². The van der Waals surface area contributed by atoms with E-state index in [9.17, 15) is 0 Å². The molecule has 25 heavy (non-hydrogen) atoms. The van der Waals surface area contributed by atoms with Crippen LogP contribution in [-0.2, 0) is 19.4 Å². The average molecular weight is 452 g/mol. The van der Waals surface area contributed by atoms with Gasteiger partial charge < -0.3 is 0 Å². The van der Waals surface area contributed by atoms with E-state index in [0.717, 1.165) is 0 Å². The first-order valence-corrected chi connectivity index (χ1v) is 16.7. The standard InChI is InChI=1S/C22H25.2ClH.Zr/c1-14(2)18-12-17-11-10-16(5)22(21(17)13-18)20-9-7-6-8-19(20)15(3)4;;;/h6-15H,1-5H3;2*1H;/q;;;+2/p-2. The maximum absolute atomic E-state index is 6.59. The first-order chi connectivity index (χ1) is 11.8. The van der Waals surface area contributed by atoms with Gasteiger partial charge in [-0.3, -0.25) is 0 Å². The molecule has 0 saturated carbocycles. The van der Waals surface area contributed by atoms with Crippen LogP contribution in [0.15, 0.2) is 42.0 Å². The summed E-state index contributed by atoms with van der Waals surface area (Å²) >= 11 is -2.46. The number of allylic oxidation sites excluding steroid dienone is 1. The van der Waals surface area contributed by atoms with Gasteiger partial charge in [0.1, 0.15) is 0 Å².